The van der Waals surface area contributed by atoms with Crippen LogP contribution in [0.25, 0.3) is 0 Å². The minimum absolute atomic E-state index is 0.138. The van der Waals surface area contributed by atoms with Gasteiger partial charge in [0, 0.05) is 6.10 Å². The lowest BCUT2D eigenvalue weighted by molar-refractivity contribution is -0.202. The topological polar surface area (TPSA) is 49.7 Å². The van der Waals surface area contributed by atoms with Crippen LogP contribution < -0.4 is 0 Å². The van der Waals surface area contributed by atoms with Crippen LogP contribution in [0.1, 0.15) is 99.8 Å². The highest BCUT2D eigenvalue weighted by Gasteiger charge is 2.65. The van der Waals surface area contributed by atoms with Gasteiger partial charge >= 0.3 is 0 Å². The van der Waals surface area contributed by atoms with E-state index in [9.17, 15) is 10.2 Å². The maximum atomic E-state index is 12.1. The van der Waals surface area contributed by atoms with E-state index in [0.717, 1.165) is 12.8 Å². The predicted octanol–water partition coefficient (Wildman–Crippen LogP) is 7.83. The minimum Gasteiger partial charge on any atom is -0.414 e. The molecule has 2 N–H and O–H groups in total. The van der Waals surface area contributed by atoms with Gasteiger partial charge in [0.15, 0.2) is 8.32 Å². The molecule has 4 rings (SSSR count). The smallest absolute Gasteiger partial charge is 0.192 e. The van der Waals surface area contributed by atoms with E-state index in [4.69, 9.17) is 4.43 Å². The Kier molecular flexibility index (Phi) is 8.09. The van der Waals surface area contributed by atoms with Crippen molar-refractivity contribution < 1.29 is 14.6 Å². The van der Waals surface area contributed by atoms with Crippen molar-refractivity contribution in [3.8, 4) is 0 Å². The van der Waals surface area contributed by atoms with Crippen molar-refractivity contribution in [3.63, 3.8) is 0 Å². The Hall–Kier alpha value is -0.163. The number of hydrogen-bond acceptors (Lipinski definition) is 3. The van der Waals surface area contributed by atoms with Crippen LogP contribution in [-0.2, 0) is 4.43 Å². The standard InChI is InChI=1S/C32H58O3Si/c1-10-23-27-20-22(35-36(8,9)30(3,4)5)15-17-32(27,7)26-16-18-31(6)24(21(2)12-11-19-33)13-14-25(31)28(26)29(23)34/h11-12,21-29,33-34H,10,13-20H2,1-9H3/b12-11+/t21-,22?,23-,24-,25+,26+,27+,28+,29-,31-,32-/m1/s1. The van der Waals surface area contributed by atoms with E-state index in [0.29, 0.717) is 58.4 Å². The van der Waals surface area contributed by atoms with Gasteiger partial charge in [0.05, 0.1) is 12.7 Å². The Labute approximate surface area is 224 Å². The molecular formula is C32H58O3Si. The van der Waals surface area contributed by atoms with Crippen molar-refractivity contribution in [3.05, 3.63) is 12.2 Å². The van der Waals surface area contributed by atoms with Crippen LogP contribution >= 0.6 is 0 Å². The molecule has 0 bridgehead atoms. The van der Waals surface area contributed by atoms with E-state index >= 15 is 0 Å². The summed E-state index contributed by atoms with van der Waals surface area (Å²) in [5.41, 5.74) is 0.644. The normalized spacial score (nSPS) is 46.3. The van der Waals surface area contributed by atoms with Crippen molar-refractivity contribution >= 4 is 8.32 Å². The average Bonchev–Trinajstić information content (AvgIpc) is 3.15. The van der Waals surface area contributed by atoms with Crippen LogP contribution in [-0.4, -0.2) is 37.3 Å². The van der Waals surface area contributed by atoms with Gasteiger partial charge in [0.25, 0.3) is 0 Å². The minimum atomic E-state index is -1.80. The number of hydrogen-bond donors (Lipinski definition) is 2. The van der Waals surface area contributed by atoms with Crippen LogP contribution in [0, 0.1) is 52.3 Å². The quantitative estimate of drug-likeness (QED) is 0.278. The molecule has 0 amide bonds. The van der Waals surface area contributed by atoms with E-state index in [-0.39, 0.29) is 17.7 Å². The fourth-order valence-corrected chi connectivity index (χ4v) is 11.4. The molecule has 208 valence electrons. The molecule has 0 heterocycles. The molecular weight excluding hydrogens is 460 g/mol. The predicted molar refractivity (Wildman–Crippen MR) is 153 cm³/mol. The lowest BCUT2D eigenvalue weighted by Gasteiger charge is -2.65. The molecule has 4 aliphatic carbocycles. The first-order chi connectivity index (χ1) is 16.7. The van der Waals surface area contributed by atoms with Gasteiger partial charge < -0.3 is 14.6 Å². The zero-order valence-corrected chi connectivity index (χ0v) is 26.0. The summed E-state index contributed by atoms with van der Waals surface area (Å²) in [7, 11) is -1.80. The van der Waals surface area contributed by atoms with Crippen molar-refractivity contribution in [2.45, 2.75) is 130 Å². The monoisotopic (exact) mass is 518 g/mol. The summed E-state index contributed by atoms with van der Waals surface area (Å²) in [6, 6.07) is 0. The number of aliphatic hydroxyl groups is 2. The molecule has 0 aliphatic heterocycles. The first-order valence-corrected chi connectivity index (χ1v) is 18.3. The number of allylic oxidation sites excluding steroid dienone is 1. The van der Waals surface area contributed by atoms with Crippen LogP contribution in [0.5, 0.6) is 0 Å². The molecule has 0 spiro atoms. The second-order valence-electron chi connectivity index (χ2n) is 15.4. The first-order valence-electron chi connectivity index (χ1n) is 15.3. The molecule has 4 saturated carbocycles. The average molecular weight is 519 g/mol. The molecule has 36 heavy (non-hydrogen) atoms. The molecule has 11 atom stereocenters. The van der Waals surface area contributed by atoms with Gasteiger partial charge in [-0.1, -0.05) is 67.0 Å². The van der Waals surface area contributed by atoms with Gasteiger partial charge in [-0.25, -0.2) is 0 Å². The summed E-state index contributed by atoms with van der Waals surface area (Å²) in [6.07, 6.45) is 14.2. The van der Waals surface area contributed by atoms with Gasteiger partial charge in [-0.3, -0.25) is 0 Å². The molecule has 0 aromatic rings. The third-order valence-electron chi connectivity index (χ3n) is 12.9. The third kappa shape index (κ3) is 4.62. The second kappa shape index (κ2) is 10.1. The summed E-state index contributed by atoms with van der Waals surface area (Å²) < 4.78 is 6.99. The second-order valence-corrected chi connectivity index (χ2v) is 20.2. The summed E-state index contributed by atoms with van der Waals surface area (Å²) in [6.45, 7) is 21.8. The Morgan fingerprint density at radius 3 is 2.25 bits per heavy atom. The Balaban J connectivity index is 1.59. The Morgan fingerprint density at radius 1 is 1.00 bits per heavy atom. The summed E-state index contributed by atoms with van der Waals surface area (Å²) in [5, 5.41) is 21.7. The molecule has 1 unspecified atom stereocenters. The van der Waals surface area contributed by atoms with E-state index in [1.807, 2.05) is 6.08 Å². The van der Waals surface area contributed by atoms with Crippen molar-refractivity contribution in [2.24, 2.45) is 52.3 Å². The van der Waals surface area contributed by atoms with Crippen LogP contribution in [0.4, 0.5) is 0 Å². The van der Waals surface area contributed by atoms with E-state index in [2.05, 4.69) is 67.6 Å². The Morgan fingerprint density at radius 2 is 1.64 bits per heavy atom. The first kappa shape index (κ1) is 28.8. The SMILES string of the molecule is CC[C@H]1[C@@H](O)[C@@H]2[C@H](CC[C@]3(C)[C@@H]([C@H](C)/C=C/CO)CC[C@@H]23)[C@@]2(C)CCC(O[Si](C)(C)C(C)(C)C)C[C@@H]12. The lowest BCUT2D eigenvalue weighted by atomic mass is 9.41. The van der Waals surface area contributed by atoms with Gasteiger partial charge in [0.2, 0.25) is 0 Å². The molecule has 0 aromatic carbocycles. The number of fused-ring (bicyclic) bond motifs is 5. The van der Waals surface area contributed by atoms with Gasteiger partial charge in [-0.2, -0.15) is 0 Å². The summed E-state index contributed by atoms with van der Waals surface area (Å²) >= 11 is 0. The Bertz CT molecular complexity index is 802. The van der Waals surface area contributed by atoms with Gasteiger partial charge in [-0.05, 0) is 115 Å². The fourth-order valence-electron chi connectivity index (χ4n) is 9.96. The van der Waals surface area contributed by atoms with E-state index in [1.165, 1.54) is 38.5 Å². The van der Waals surface area contributed by atoms with Crippen LogP contribution in [0.2, 0.25) is 18.1 Å². The third-order valence-corrected chi connectivity index (χ3v) is 17.4. The largest absolute Gasteiger partial charge is 0.414 e. The molecule has 4 fully saturated rings. The summed E-state index contributed by atoms with van der Waals surface area (Å²) in [4.78, 5) is 0. The summed E-state index contributed by atoms with van der Waals surface area (Å²) in [5.74, 6) is 3.87. The van der Waals surface area contributed by atoms with Crippen molar-refractivity contribution in [1.29, 1.82) is 0 Å². The fraction of sp³-hybridized carbons (Fsp3) is 0.938. The molecule has 3 nitrogen and oxygen atoms in total. The maximum absolute atomic E-state index is 12.1. The van der Waals surface area contributed by atoms with Crippen LogP contribution in [0.3, 0.4) is 0 Å². The lowest BCUT2D eigenvalue weighted by Crippen LogP contribution is -2.62. The molecule has 4 aliphatic rings. The molecule has 0 radical (unpaired) electrons. The molecule has 0 saturated heterocycles. The zero-order valence-electron chi connectivity index (χ0n) is 25.0. The zero-order chi connectivity index (χ0) is 26.7. The van der Waals surface area contributed by atoms with Crippen molar-refractivity contribution in [2.75, 3.05) is 6.61 Å². The van der Waals surface area contributed by atoms with Crippen molar-refractivity contribution in [1.82, 2.24) is 0 Å². The highest BCUT2D eigenvalue weighted by molar-refractivity contribution is 6.74. The van der Waals surface area contributed by atoms with Gasteiger partial charge in [0.1, 0.15) is 0 Å². The highest BCUT2D eigenvalue weighted by Crippen LogP contribution is 2.69. The number of aliphatic hydroxyl groups excluding tert-OH is 2. The van der Waals surface area contributed by atoms with Gasteiger partial charge in [-0.15, -0.1) is 0 Å². The van der Waals surface area contributed by atoms with E-state index < -0.39 is 8.32 Å². The molecule has 4 heteroatoms. The van der Waals surface area contributed by atoms with E-state index in [1.54, 1.807) is 0 Å². The molecule has 0 aromatic heterocycles. The van der Waals surface area contributed by atoms with Crippen LogP contribution in [0.15, 0.2) is 12.2 Å². The number of rotatable bonds is 6. The highest BCUT2D eigenvalue weighted by atomic mass is 28.4. The maximum Gasteiger partial charge on any atom is 0.192 e.